The molecule has 0 fully saturated rings. The van der Waals surface area contributed by atoms with Gasteiger partial charge < -0.3 is 10.4 Å². The first-order valence-corrected chi connectivity index (χ1v) is 6.16. The highest BCUT2D eigenvalue weighted by Gasteiger charge is 2.19. The molecule has 102 valence electrons. The highest BCUT2D eigenvalue weighted by atomic mass is 16.4. The van der Waals surface area contributed by atoms with Gasteiger partial charge in [-0.3, -0.25) is 4.79 Å². The number of carboxylic acids is 1. The fourth-order valence-corrected chi connectivity index (χ4v) is 1.14. The highest BCUT2D eigenvalue weighted by Crippen LogP contribution is 2.12. The Labute approximate surface area is 109 Å². The second-order valence-electron chi connectivity index (χ2n) is 2.88. The molecule has 1 amide bonds. The van der Waals surface area contributed by atoms with Crippen molar-refractivity contribution in [1.29, 1.82) is 0 Å². The lowest BCUT2D eigenvalue weighted by atomic mass is 10.1. The van der Waals surface area contributed by atoms with E-state index in [4.69, 9.17) is 5.11 Å². The van der Waals surface area contributed by atoms with Crippen molar-refractivity contribution in [3.05, 3.63) is 35.9 Å². The molecule has 4 heteroatoms. The molecule has 0 saturated heterocycles. The molecule has 1 aromatic carbocycles. The first kappa shape index (κ1) is 18.5. The van der Waals surface area contributed by atoms with Crippen molar-refractivity contribution in [3.63, 3.8) is 0 Å². The van der Waals surface area contributed by atoms with Crippen molar-refractivity contribution in [2.45, 2.75) is 40.7 Å². The third-order valence-electron chi connectivity index (χ3n) is 1.73. The zero-order valence-electron chi connectivity index (χ0n) is 11.7. The van der Waals surface area contributed by atoms with Crippen molar-refractivity contribution < 1.29 is 14.7 Å². The molecule has 4 nitrogen and oxygen atoms in total. The Kier molecular flexibility index (Phi) is 12.0. The number of carboxylic acid groups (broad SMARTS) is 1. The maximum Gasteiger partial charge on any atom is 0.330 e. The Balaban J connectivity index is 0. The molecule has 1 rings (SSSR count). The Morgan fingerprint density at radius 3 is 1.83 bits per heavy atom. The average molecular weight is 253 g/mol. The van der Waals surface area contributed by atoms with Crippen molar-refractivity contribution in [2.24, 2.45) is 0 Å². The van der Waals surface area contributed by atoms with E-state index in [-0.39, 0.29) is 5.91 Å². The van der Waals surface area contributed by atoms with Crippen LogP contribution in [0.1, 0.15) is 46.2 Å². The maximum absolute atomic E-state index is 10.8. The van der Waals surface area contributed by atoms with Crippen LogP contribution < -0.4 is 5.32 Å². The van der Waals surface area contributed by atoms with Crippen LogP contribution in [0.4, 0.5) is 0 Å². The topological polar surface area (TPSA) is 66.4 Å². The van der Waals surface area contributed by atoms with E-state index in [1.165, 1.54) is 6.92 Å². The summed E-state index contributed by atoms with van der Waals surface area (Å²) in [5.74, 6) is -1.42. The highest BCUT2D eigenvalue weighted by molar-refractivity contribution is 5.83. The number of hydrogen-bond donors (Lipinski definition) is 2. The Hall–Kier alpha value is -1.84. The fourth-order valence-electron chi connectivity index (χ4n) is 1.14. The van der Waals surface area contributed by atoms with Crippen LogP contribution in [0.2, 0.25) is 0 Å². The van der Waals surface area contributed by atoms with Crippen LogP contribution in [0.5, 0.6) is 0 Å². The second-order valence-corrected chi connectivity index (χ2v) is 2.88. The summed E-state index contributed by atoms with van der Waals surface area (Å²) in [5.41, 5.74) is 0.565. The van der Waals surface area contributed by atoms with Crippen molar-refractivity contribution in [3.8, 4) is 0 Å². The summed E-state index contributed by atoms with van der Waals surface area (Å²) in [6.45, 7) is 9.29. The van der Waals surface area contributed by atoms with Gasteiger partial charge in [0.25, 0.3) is 0 Å². The fraction of sp³-hybridized carbons (Fsp3) is 0.429. The van der Waals surface area contributed by atoms with Crippen LogP contribution in [0.25, 0.3) is 0 Å². The number of carbonyl (C=O) groups excluding carboxylic acids is 1. The van der Waals surface area contributed by atoms with E-state index in [1.54, 1.807) is 30.3 Å². The van der Waals surface area contributed by atoms with Crippen molar-refractivity contribution in [1.82, 2.24) is 5.32 Å². The van der Waals surface area contributed by atoms with Gasteiger partial charge in [-0.05, 0) is 5.56 Å². The minimum Gasteiger partial charge on any atom is -0.479 e. The first-order chi connectivity index (χ1) is 8.61. The molecule has 0 aliphatic heterocycles. The minimum absolute atomic E-state index is 0.360. The summed E-state index contributed by atoms with van der Waals surface area (Å²) in [5, 5.41) is 11.2. The standard InChI is InChI=1S/C10H11NO3.2C2H6/c1-7(12)11-9(10(13)14)8-5-3-2-4-6-8;2*1-2/h2-6,9H,1H3,(H,11,12)(H,13,14);2*1-2H3. The van der Waals surface area contributed by atoms with Gasteiger partial charge in [-0.1, -0.05) is 58.0 Å². The van der Waals surface area contributed by atoms with Crippen LogP contribution in [0.15, 0.2) is 30.3 Å². The molecule has 0 bridgehead atoms. The van der Waals surface area contributed by atoms with E-state index in [1.807, 2.05) is 27.7 Å². The van der Waals surface area contributed by atoms with Gasteiger partial charge in [0.1, 0.15) is 0 Å². The van der Waals surface area contributed by atoms with E-state index in [2.05, 4.69) is 5.32 Å². The summed E-state index contributed by atoms with van der Waals surface area (Å²) >= 11 is 0. The second kappa shape index (κ2) is 11.6. The largest absolute Gasteiger partial charge is 0.479 e. The molecule has 0 radical (unpaired) electrons. The summed E-state index contributed by atoms with van der Waals surface area (Å²) in [6, 6.07) is 7.61. The predicted octanol–water partition coefficient (Wildman–Crippen LogP) is 3.00. The Morgan fingerprint density at radius 2 is 1.50 bits per heavy atom. The lowest BCUT2D eigenvalue weighted by Crippen LogP contribution is -2.31. The quantitative estimate of drug-likeness (QED) is 0.870. The normalized spacial score (nSPS) is 9.83. The maximum atomic E-state index is 10.8. The number of amides is 1. The van der Waals surface area contributed by atoms with E-state index in [9.17, 15) is 9.59 Å². The molecular weight excluding hydrogens is 230 g/mol. The van der Waals surface area contributed by atoms with E-state index < -0.39 is 12.0 Å². The third kappa shape index (κ3) is 7.44. The number of rotatable bonds is 3. The first-order valence-electron chi connectivity index (χ1n) is 6.16. The monoisotopic (exact) mass is 253 g/mol. The molecular formula is C14H23NO3. The molecule has 18 heavy (non-hydrogen) atoms. The van der Waals surface area contributed by atoms with Gasteiger partial charge in [0.05, 0.1) is 0 Å². The Morgan fingerprint density at radius 1 is 1.06 bits per heavy atom. The van der Waals surface area contributed by atoms with Crippen LogP contribution >= 0.6 is 0 Å². The van der Waals surface area contributed by atoms with Gasteiger partial charge in [-0.15, -0.1) is 0 Å². The van der Waals surface area contributed by atoms with E-state index in [0.717, 1.165) is 0 Å². The van der Waals surface area contributed by atoms with Gasteiger partial charge in [-0.25, -0.2) is 4.79 Å². The zero-order chi connectivity index (χ0) is 14.6. The van der Waals surface area contributed by atoms with Gasteiger partial charge in [0, 0.05) is 6.92 Å². The number of benzene rings is 1. The van der Waals surface area contributed by atoms with Gasteiger partial charge in [-0.2, -0.15) is 0 Å². The molecule has 0 heterocycles. The SMILES string of the molecule is CC.CC.CC(=O)NC(C(=O)O)c1ccccc1. The van der Waals surface area contributed by atoms with E-state index >= 15 is 0 Å². The molecule has 0 spiro atoms. The van der Waals surface area contributed by atoms with Crippen LogP contribution in [0.3, 0.4) is 0 Å². The summed E-state index contributed by atoms with van der Waals surface area (Å²) < 4.78 is 0. The lowest BCUT2D eigenvalue weighted by Gasteiger charge is -2.12. The van der Waals surface area contributed by atoms with E-state index in [0.29, 0.717) is 5.56 Å². The zero-order valence-corrected chi connectivity index (χ0v) is 11.7. The lowest BCUT2D eigenvalue weighted by molar-refractivity contribution is -0.141. The number of hydrogen-bond acceptors (Lipinski definition) is 2. The van der Waals surface area contributed by atoms with Crippen LogP contribution in [-0.2, 0) is 9.59 Å². The Bertz CT molecular complexity index is 336. The van der Waals surface area contributed by atoms with Gasteiger partial charge in [0.15, 0.2) is 6.04 Å². The van der Waals surface area contributed by atoms with Crippen LogP contribution in [0, 0.1) is 0 Å². The third-order valence-corrected chi connectivity index (χ3v) is 1.73. The summed E-state index contributed by atoms with van der Waals surface area (Å²) in [6.07, 6.45) is 0. The summed E-state index contributed by atoms with van der Waals surface area (Å²) in [4.78, 5) is 21.6. The minimum atomic E-state index is -1.06. The molecule has 1 unspecified atom stereocenters. The van der Waals surface area contributed by atoms with Gasteiger partial charge in [0.2, 0.25) is 5.91 Å². The molecule has 0 aliphatic rings. The number of carbonyl (C=O) groups is 2. The molecule has 1 atom stereocenters. The molecule has 0 aliphatic carbocycles. The summed E-state index contributed by atoms with van der Waals surface area (Å²) in [7, 11) is 0. The molecule has 0 aromatic heterocycles. The molecule has 1 aromatic rings. The smallest absolute Gasteiger partial charge is 0.330 e. The van der Waals surface area contributed by atoms with Crippen LogP contribution in [-0.4, -0.2) is 17.0 Å². The van der Waals surface area contributed by atoms with Crippen molar-refractivity contribution >= 4 is 11.9 Å². The molecule has 0 saturated carbocycles. The molecule has 2 N–H and O–H groups in total. The van der Waals surface area contributed by atoms with Crippen molar-refractivity contribution in [2.75, 3.05) is 0 Å². The number of aliphatic carboxylic acids is 1. The average Bonchev–Trinajstić information content (AvgIpc) is 2.41. The van der Waals surface area contributed by atoms with Gasteiger partial charge >= 0.3 is 5.97 Å². The predicted molar refractivity (Wildman–Crippen MR) is 73.3 cm³/mol. The number of nitrogens with one attached hydrogen (secondary N) is 1.